The van der Waals surface area contributed by atoms with Gasteiger partial charge in [0.15, 0.2) is 0 Å². The molecule has 5 nitrogen and oxygen atoms in total. The third-order valence-corrected chi connectivity index (χ3v) is 8.21. The highest BCUT2D eigenvalue weighted by atomic mass is 32.2. The van der Waals surface area contributed by atoms with E-state index in [0.29, 0.717) is 12.3 Å². The van der Waals surface area contributed by atoms with E-state index < -0.39 is 0 Å². The summed E-state index contributed by atoms with van der Waals surface area (Å²) in [4.78, 5) is 17.1. The van der Waals surface area contributed by atoms with Gasteiger partial charge in [0.25, 0.3) is 6.47 Å². The number of benzene rings is 2. The standard InChI is InChI=1S/C21H22N2OS3.C5H10O2/c1-13-6-4-8-15(12-24)19(13)14-7-5-9-16(10-14)26-18-11-17(20(22)23-2)27-21(18)25-3;1-5(2,3)7-4-6/h4-11,24H,12H2,1-3H3,(H2,22,23);4H,1-3H3. The molecule has 1 aromatic heterocycles. The van der Waals surface area contributed by atoms with E-state index in [9.17, 15) is 9.90 Å². The number of aliphatic hydroxyl groups excluding tert-OH is 1. The van der Waals surface area contributed by atoms with Crippen molar-refractivity contribution in [2.45, 2.75) is 53.9 Å². The maximum atomic E-state index is 9.73. The number of aryl methyl sites for hydroxylation is 1. The molecule has 0 saturated heterocycles. The summed E-state index contributed by atoms with van der Waals surface area (Å²) in [6, 6.07) is 16.6. The number of carbonyl (C=O) groups is 1. The third kappa shape index (κ3) is 7.91. The van der Waals surface area contributed by atoms with Gasteiger partial charge in [-0.2, -0.15) is 0 Å². The van der Waals surface area contributed by atoms with Gasteiger partial charge in [0.2, 0.25) is 0 Å². The Labute approximate surface area is 214 Å². The van der Waals surface area contributed by atoms with Crippen LogP contribution in [0, 0.1) is 6.92 Å². The van der Waals surface area contributed by atoms with Gasteiger partial charge in [-0.15, -0.1) is 23.1 Å². The van der Waals surface area contributed by atoms with Crippen molar-refractivity contribution in [3.05, 3.63) is 64.5 Å². The molecule has 0 radical (unpaired) electrons. The lowest BCUT2D eigenvalue weighted by atomic mass is 9.95. The Kier molecular flexibility index (Phi) is 10.7. The number of nitrogens with two attached hydrogens (primary N) is 1. The minimum absolute atomic E-state index is 0.0362. The fourth-order valence-electron chi connectivity index (χ4n) is 3.07. The zero-order valence-corrected chi connectivity index (χ0v) is 22.9. The highest BCUT2D eigenvalue weighted by molar-refractivity contribution is 8.03. The van der Waals surface area contributed by atoms with Gasteiger partial charge in [-0.25, -0.2) is 0 Å². The first-order valence-corrected chi connectivity index (χ1v) is 13.5. The second-order valence-corrected chi connectivity index (χ2v) is 11.5. The molecule has 8 heteroatoms. The van der Waals surface area contributed by atoms with E-state index in [4.69, 9.17) is 5.73 Å². The van der Waals surface area contributed by atoms with Gasteiger partial charge < -0.3 is 15.6 Å². The lowest BCUT2D eigenvalue weighted by molar-refractivity contribution is -0.138. The van der Waals surface area contributed by atoms with Crippen molar-refractivity contribution in [3.63, 3.8) is 0 Å². The molecule has 0 aliphatic carbocycles. The Hall–Kier alpha value is -2.26. The molecule has 2 aromatic carbocycles. The van der Waals surface area contributed by atoms with E-state index in [0.717, 1.165) is 26.5 Å². The average molecular weight is 517 g/mol. The highest BCUT2D eigenvalue weighted by Gasteiger charge is 2.14. The molecule has 0 atom stereocenters. The number of carbonyl (C=O) groups excluding carboxylic acids is 1. The third-order valence-electron chi connectivity index (χ3n) is 4.63. The molecule has 1 heterocycles. The van der Waals surface area contributed by atoms with Gasteiger partial charge in [-0.05, 0) is 74.4 Å². The molecule has 0 aliphatic rings. The van der Waals surface area contributed by atoms with E-state index in [1.165, 1.54) is 14.7 Å². The Bertz CT molecular complexity index is 1130. The Morgan fingerprint density at radius 1 is 1.21 bits per heavy atom. The van der Waals surface area contributed by atoms with Gasteiger partial charge in [0.05, 0.1) is 15.7 Å². The normalized spacial score (nSPS) is 11.6. The molecular formula is C26H32N2O3S3. The number of amidine groups is 1. The van der Waals surface area contributed by atoms with Crippen molar-refractivity contribution in [2.75, 3.05) is 13.3 Å². The van der Waals surface area contributed by atoms with Crippen LogP contribution in [0.25, 0.3) is 11.1 Å². The Morgan fingerprint density at radius 3 is 2.47 bits per heavy atom. The number of ether oxygens (including phenoxy) is 1. The van der Waals surface area contributed by atoms with Crippen molar-refractivity contribution in [1.29, 1.82) is 0 Å². The maximum absolute atomic E-state index is 9.73. The summed E-state index contributed by atoms with van der Waals surface area (Å²) in [5.41, 5.74) is 10.0. The molecule has 0 spiro atoms. The minimum Gasteiger partial charge on any atom is -0.462 e. The predicted molar refractivity (Wildman–Crippen MR) is 146 cm³/mol. The molecule has 3 rings (SSSR count). The van der Waals surface area contributed by atoms with Gasteiger partial charge in [-0.3, -0.25) is 9.79 Å². The number of thiophene rings is 1. The van der Waals surface area contributed by atoms with Crippen molar-refractivity contribution < 1.29 is 14.6 Å². The molecule has 34 heavy (non-hydrogen) atoms. The van der Waals surface area contributed by atoms with Crippen molar-refractivity contribution in [1.82, 2.24) is 0 Å². The van der Waals surface area contributed by atoms with Crippen LogP contribution in [-0.2, 0) is 16.1 Å². The number of hydrogen-bond donors (Lipinski definition) is 2. The van der Waals surface area contributed by atoms with Crippen LogP contribution in [0.5, 0.6) is 0 Å². The monoisotopic (exact) mass is 516 g/mol. The molecular weight excluding hydrogens is 484 g/mol. The van der Waals surface area contributed by atoms with E-state index in [1.54, 1.807) is 41.9 Å². The summed E-state index contributed by atoms with van der Waals surface area (Å²) in [5, 5.41) is 9.73. The molecule has 3 aromatic rings. The summed E-state index contributed by atoms with van der Waals surface area (Å²) in [6.07, 6.45) is 2.08. The van der Waals surface area contributed by atoms with E-state index in [1.807, 2.05) is 32.9 Å². The summed E-state index contributed by atoms with van der Waals surface area (Å²) in [6.45, 7) is 8.04. The molecule has 0 fully saturated rings. The largest absolute Gasteiger partial charge is 0.462 e. The topological polar surface area (TPSA) is 84.9 Å². The van der Waals surface area contributed by atoms with Crippen molar-refractivity contribution >= 4 is 47.2 Å². The zero-order chi connectivity index (χ0) is 25.3. The van der Waals surface area contributed by atoms with Gasteiger partial charge in [-0.1, -0.05) is 42.1 Å². The van der Waals surface area contributed by atoms with E-state index >= 15 is 0 Å². The number of aliphatic hydroxyl groups is 1. The smallest absolute Gasteiger partial charge is 0.293 e. The van der Waals surface area contributed by atoms with Crippen LogP contribution in [0.15, 0.2) is 67.5 Å². The van der Waals surface area contributed by atoms with Crippen LogP contribution < -0.4 is 5.73 Å². The van der Waals surface area contributed by atoms with Crippen LogP contribution in [0.2, 0.25) is 0 Å². The summed E-state index contributed by atoms with van der Waals surface area (Å²) < 4.78 is 5.78. The average Bonchev–Trinajstić information content (AvgIpc) is 3.20. The first-order chi connectivity index (χ1) is 16.1. The summed E-state index contributed by atoms with van der Waals surface area (Å²) >= 11 is 5.13. The van der Waals surface area contributed by atoms with Crippen molar-refractivity contribution in [3.8, 4) is 11.1 Å². The second kappa shape index (κ2) is 13.0. The van der Waals surface area contributed by atoms with Gasteiger partial charge >= 0.3 is 0 Å². The SMILES string of the molecule is CC(C)(C)OC=O.CN=C(N)c1cc(Sc2cccc(-c3c(C)cccc3CO)c2)c(SC)s1. The zero-order valence-electron chi connectivity index (χ0n) is 20.4. The lowest BCUT2D eigenvalue weighted by Gasteiger charge is -2.14. The fraction of sp³-hybridized carbons (Fsp3) is 0.308. The van der Waals surface area contributed by atoms with Crippen molar-refractivity contribution in [2.24, 2.45) is 10.7 Å². The molecule has 0 aliphatic heterocycles. The predicted octanol–water partition coefficient (Wildman–Crippen LogP) is 6.38. The van der Waals surface area contributed by atoms with Crippen LogP contribution >= 0.6 is 34.9 Å². The second-order valence-electron chi connectivity index (χ2n) is 8.30. The van der Waals surface area contributed by atoms with E-state index in [2.05, 4.69) is 59.3 Å². The van der Waals surface area contributed by atoms with Gasteiger partial charge in [0, 0.05) is 16.8 Å². The van der Waals surface area contributed by atoms with Crippen LogP contribution in [-0.4, -0.2) is 36.3 Å². The van der Waals surface area contributed by atoms with Gasteiger partial charge in [0.1, 0.15) is 11.4 Å². The van der Waals surface area contributed by atoms with Crippen LogP contribution in [0.4, 0.5) is 0 Å². The number of hydrogen-bond acceptors (Lipinski definition) is 7. The Morgan fingerprint density at radius 2 is 1.91 bits per heavy atom. The molecule has 0 bridgehead atoms. The minimum atomic E-state index is -0.318. The Balaban J connectivity index is 0.000000509. The molecule has 0 unspecified atom stereocenters. The fourth-order valence-corrected chi connectivity index (χ4v) is 6.21. The molecule has 3 N–H and O–H groups in total. The number of nitrogens with zero attached hydrogens (tertiary/aromatic N) is 1. The van der Waals surface area contributed by atoms with Crippen LogP contribution in [0.3, 0.4) is 0 Å². The summed E-state index contributed by atoms with van der Waals surface area (Å²) in [7, 11) is 1.71. The molecule has 182 valence electrons. The first-order valence-electron chi connectivity index (χ1n) is 10.6. The lowest BCUT2D eigenvalue weighted by Crippen LogP contribution is -2.17. The summed E-state index contributed by atoms with van der Waals surface area (Å²) in [5.74, 6) is 0.573. The highest BCUT2D eigenvalue weighted by Crippen LogP contribution is 2.41. The number of aliphatic imine (C=N–C) groups is 1. The molecule has 0 amide bonds. The number of thioether (sulfide) groups is 1. The van der Waals surface area contributed by atoms with Crippen LogP contribution in [0.1, 0.15) is 36.8 Å². The number of rotatable bonds is 7. The quantitative estimate of drug-likeness (QED) is 0.164. The molecule has 0 saturated carbocycles. The maximum Gasteiger partial charge on any atom is 0.293 e. The first kappa shape index (κ1) is 28.0. The van der Waals surface area contributed by atoms with E-state index in [-0.39, 0.29) is 12.2 Å².